The number of nitrogens with zero attached hydrogens (tertiary/aromatic N) is 1. The third kappa shape index (κ3) is 4.50. The molecule has 0 spiro atoms. The third-order valence-electron chi connectivity index (χ3n) is 2.26. The summed E-state index contributed by atoms with van der Waals surface area (Å²) in [6, 6.07) is 3.57. The molecule has 100 valence electrons. The first-order chi connectivity index (χ1) is 8.41. The molecule has 0 aliphatic heterocycles. The highest BCUT2D eigenvalue weighted by Crippen LogP contribution is 2.22. The van der Waals surface area contributed by atoms with Crippen molar-refractivity contribution < 1.29 is 14.8 Å². The van der Waals surface area contributed by atoms with Crippen LogP contribution in [0.25, 0.3) is 0 Å². The number of aliphatic carboxylic acids is 1. The molecule has 0 saturated heterocycles. The fourth-order valence-electron chi connectivity index (χ4n) is 1.49. The van der Waals surface area contributed by atoms with Gasteiger partial charge in [-0.15, -0.1) is 0 Å². The first-order valence-corrected chi connectivity index (χ1v) is 5.64. The smallest absolute Gasteiger partial charge is 0.305 e. The highest BCUT2D eigenvalue weighted by atomic mass is 16.6. The van der Waals surface area contributed by atoms with E-state index in [0.717, 1.165) is 0 Å². The molecule has 1 atom stereocenters. The summed E-state index contributed by atoms with van der Waals surface area (Å²) in [7, 11) is 0. The molecule has 0 heterocycles. The van der Waals surface area contributed by atoms with Crippen molar-refractivity contribution in [2.24, 2.45) is 5.73 Å². The van der Waals surface area contributed by atoms with Crippen LogP contribution in [0.5, 0.6) is 0 Å². The number of hydrogen-bond acceptors (Lipinski definition) is 4. The Labute approximate surface area is 106 Å². The van der Waals surface area contributed by atoms with Crippen LogP contribution < -0.4 is 5.73 Å². The zero-order chi connectivity index (χ0) is 14.3. The maximum Gasteiger partial charge on any atom is 0.305 e. The Morgan fingerprint density at radius 3 is 2.44 bits per heavy atom. The van der Waals surface area contributed by atoms with Gasteiger partial charge in [0.25, 0.3) is 5.69 Å². The maximum atomic E-state index is 10.5. The van der Waals surface area contributed by atoms with Gasteiger partial charge in [-0.2, -0.15) is 0 Å². The number of carboxylic acid groups (broad SMARTS) is 1. The summed E-state index contributed by atoms with van der Waals surface area (Å²) in [5.74, 6) is -0.995. The Balaban J connectivity index is 0.00000137. The maximum absolute atomic E-state index is 10.5. The van der Waals surface area contributed by atoms with Crippen LogP contribution >= 0.6 is 0 Å². The lowest BCUT2D eigenvalue weighted by molar-refractivity contribution is -0.384. The van der Waals surface area contributed by atoms with Gasteiger partial charge in [-0.1, -0.05) is 19.9 Å². The third-order valence-corrected chi connectivity index (χ3v) is 2.26. The molecule has 1 unspecified atom stereocenters. The number of non-ortho nitro benzene ring substituents is 1. The lowest BCUT2D eigenvalue weighted by Gasteiger charge is -2.11. The van der Waals surface area contributed by atoms with E-state index in [1.165, 1.54) is 18.2 Å². The van der Waals surface area contributed by atoms with Gasteiger partial charge in [0.15, 0.2) is 0 Å². The molecule has 3 N–H and O–H groups in total. The van der Waals surface area contributed by atoms with Crippen LogP contribution in [-0.4, -0.2) is 16.0 Å². The number of hydrogen-bond donors (Lipinski definition) is 2. The number of rotatable bonds is 4. The van der Waals surface area contributed by atoms with Crippen LogP contribution in [0.2, 0.25) is 0 Å². The second-order valence-electron chi connectivity index (χ2n) is 3.50. The first-order valence-electron chi connectivity index (χ1n) is 5.64. The minimum atomic E-state index is -0.995. The number of carbonyl (C=O) groups is 1. The molecule has 0 aliphatic carbocycles. The van der Waals surface area contributed by atoms with E-state index < -0.39 is 16.9 Å². The molecule has 6 nitrogen and oxygen atoms in total. The number of nitro benzene ring substituents is 1. The summed E-state index contributed by atoms with van der Waals surface area (Å²) in [6.45, 7) is 5.67. The lowest BCUT2D eigenvalue weighted by atomic mass is 9.99. The van der Waals surface area contributed by atoms with Crippen molar-refractivity contribution in [1.29, 1.82) is 0 Å². The molecule has 0 saturated carbocycles. The number of nitrogens with two attached hydrogens (primary N) is 1. The molecule has 0 fully saturated rings. The molecule has 0 bridgehead atoms. The van der Waals surface area contributed by atoms with Crippen molar-refractivity contribution in [3.63, 3.8) is 0 Å². The second kappa shape index (κ2) is 7.39. The molecular weight excluding hydrogens is 236 g/mol. The van der Waals surface area contributed by atoms with E-state index in [9.17, 15) is 14.9 Å². The fourth-order valence-corrected chi connectivity index (χ4v) is 1.49. The number of carboxylic acids is 1. The molecule has 1 aromatic rings. The normalized spacial score (nSPS) is 11.1. The molecule has 6 heteroatoms. The number of nitro groups is 1. The van der Waals surface area contributed by atoms with Crippen LogP contribution in [-0.2, 0) is 4.79 Å². The molecule has 0 radical (unpaired) electrons. The van der Waals surface area contributed by atoms with Crippen LogP contribution in [0.1, 0.15) is 37.4 Å². The first kappa shape index (κ1) is 16.1. The minimum Gasteiger partial charge on any atom is -0.481 e. The van der Waals surface area contributed by atoms with Gasteiger partial charge in [0.1, 0.15) is 0 Å². The molecule has 1 aromatic carbocycles. The van der Waals surface area contributed by atoms with Gasteiger partial charge in [-0.25, -0.2) is 0 Å². The van der Waals surface area contributed by atoms with Gasteiger partial charge in [0.2, 0.25) is 0 Å². The van der Waals surface area contributed by atoms with Crippen molar-refractivity contribution in [3.8, 4) is 0 Å². The van der Waals surface area contributed by atoms with Crippen molar-refractivity contribution in [3.05, 3.63) is 39.4 Å². The molecular formula is C12H18N2O4. The van der Waals surface area contributed by atoms with Crippen LogP contribution in [0.4, 0.5) is 5.69 Å². The van der Waals surface area contributed by atoms with E-state index in [1.807, 2.05) is 13.8 Å². The highest BCUT2D eigenvalue weighted by molar-refractivity contribution is 5.68. The van der Waals surface area contributed by atoms with E-state index in [1.54, 1.807) is 6.92 Å². The second-order valence-corrected chi connectivity index (χ2v) is 3.50. The van der Waals surface area contributed by atoms with Crippen molar-refractivity contribution >= 4 is 11.7 Å². The SMILES string of the molecule is CC.Cc1cc([N+](=O)[O-])ccc1C(N)CC(=O)O. The summed E-state index contributed by atoms with van der Waals surface area (Å²) < 4.78 is 0. The quantitative estimate of drug-likeness (QED) is 0.633. The Morgan fingerprint density at radius 1 is 1.50 bits per heavy atom. The van der Waals surface area contributed by atoms with Crippen LogP contribution in [0.15, 0.2) is 18.2 Å². The average molecular weight is 254 g/mol. The largest absolute Gasteiger partial charge is 0.481 e. The van der Waals surface area contributed by atoms with Gasteiger partial charge in [0, 0.05) is 18.2 Å². The zero-order valence-electron chi connectivity index (χ0n) is 10.7. The molecule has 1 rings (SSSR count). The Bertz CT molecular complexity index is 432. The Morgan fingerprint density at radius 2 is 2.06 bits per heavy atom. The lowest BCUT2D eigenvalue weighted by Crippen LogP contribution is -2.16. The Kier molecular flexibility index (Phi) is 6.59. The van der Waals surface area contributed by atoms with E-state index in [-0.39, 0.29) is 12.1 Å². The van der Waals surface area contributed by atoms with Crippen LogP contribution in [0, 0.1) is 17.0 Å². The topological polar surface area (TPSA) is 106 Å². The van der Waals surface area contributed by atoms with Gasteiger partial charge >= 0.3 is 5.97 Å². The molecule has 0 aliphatic rings. The van der Waals surface area contributed by atoms with Crippen molar-refractivity contribution in [2.45, 2.75) is 33.2 Å². The minimum absolute atomic E-state index is 0.0243. The summed E-state index contributed by atoms with van der Waals surface area (Å²) in [6.07, 6.45) is -0.196. The predicted molar refractivity (Wildman–Crippen MR) is 68.4 cm³/mol. The number of benzene rings is 1. The van der Waals surface area contributed by atoms with E-state index >= 15 is 0 Å². The van der Waals surface area contributed by atoms with Crippen molar-refractivity contribution in [1.82, 2.24) is 0 Å². The van der Waals surface area contributed by atoms with E-state index in [4.69, 9.17) is 10.8 Å². The summed E-state index contributed by atoms with van der Waals surface area (Å²) in [4.78, 5) is 20.5. The van der Waals surface area contributed by atoms with E-state index in [2.05, 4.69) is 0 Å². The highest BCUT2D eigenvalue weighted by Gasteiger charge is 2.15. The molecule has 0 amide bonds. The van der Waals surface area contributed by atoms with Gasteiger partial charge in [-0.05, 0) is 18.1 Å². The summed E-state index contributed by atoms with van der Waals surface area (Å²) >= 11 is 0. The monoisotopic (exact) mass is 254 g/mol. The van der Waals surface area contributed by atoms with Gasteiger partial charge < -0.3 is 10.8 Å². The van der Waals surface area contributed by atoms with E-state index in [0.29, 0.717) is 11.1 Å². The van der Waals surface area contributed by atoms with Gasteiger partial charge in [-0.3, -0.25) is 14.9 Å². The summed E-state index contributed by atoms with van der Waals surface area (Å²) in [5, 5.41) is 19.1. The number of aryl methyl sites for hydroxylation is 1. The Hall–Kier alpha value is -1.95. The van der Waals surface area contributed by atoms with Crippen molar-refractivity contribution in [2.75, 3.05) is 0 Å². The standard InChI is InChI=1S/C10H12N2O4.C2H6/c1-6-4-7(12(15)16)2-3-8(6)9(11)5-10(13)14;1-2/h2-4,9H,5,11H2,1H3,(H,13,14);1-2H3. The molecule has 18 heavy (non-hydrogen) atoms. The fraction of sp³-hybridized carbons (Fsp3) is 0.417. The average Bonchev–Trinajstić information content (AvgIpc) is 2.30. The van der Waals surface area contributed by atoms with Crippen LogP contribution in [0.3, 0.4) is 0 Å². The molecule has 0 aromatic heterocycles. The predicted octanol–water partition coefficient (Wildman–Crippen LogP) is 2.40. The summed E-state index contributed by atoms with van der Waals surface area (Å²) in [5.41, 5.74) is 6.89. The zero-order valence-corrected chi connectivity index (χ0v) is 10.7. The van der Waals surface area contributed by atoms with Gasteiger partial charge in [0.05, 0.1) is 11.3 Å².